The molecular weight excluding hydrogens is 905 g/mol. The molecule has 0 radical (unpaired) electrons. The van der Waals surface area contributed by atoms with Crippen LogP contribution in [0.25, 0.3) is 10.8 Å². The topological polar surface area (TPSA) is 265 Å². The Labute approximate surface area is 413 Å². The van der Waals surface area contributed by atoms with Gasteiger partial charge in [-0.1, -0.05) is 42.5 Å². The van der Waals surface area contributed by atoms with Gasteiger partial charge in [0.25, 0.3) is 0 Å². The van der Waals surface area contributed by atoms with Gasteiger partial charge in [-0.15, -0.1) is 0 Å². The summed E-state index contributed by atoms with van der Waals surface area (Å²) < 4.78 is 15.7. The predicted octanol–water partition coefficient (Wildman–Crippen LogP) is -0.0952. The van der Waals surface area contributed by atoms with E-state index in [2.05, 4.69) is 0 Å². The maximum Gasteiger partial charge on any atom is 0.242 e. The van der Waals surface area contributed by atoms with Crippen molar-refractivity contribution in [1.82, 2.24) is 34.3 Å². The molecule has 2 aromatic rings. The minimum Gasteiger partial charge on any atom is -0.383 e. The molecule has 0 saturated heterocycles. The summed E-state index contributed by atoms with van der Waals surface area (Å²) in [5.41, 5.74) is 18.0. The number of fused-ring (bicyclic) bond motifs is 1. The van der Waals surface area contributed by atoms with E-state index in [0.29, 0.717) is 58.2 Å². The van der Waals surface area contributed by atoms with E-state index in [0.717, 1.165) is 16.3 Å². The molecule has 392 valence electrons. The molecule has 6 N–H and O–H groups in total. The van der Waals surface area contributed by atoms with Crippen LogP contribution >= 0.6 is 0 Å². The van der Waals surface area contributed by atoms with Gasteiger partial charge in [0.05, 0.1) is 59.1 Å². The summed E-state index contributed by atoms with van der Waals surface area (Å²) in [6, 6.07) is 13.2. The molecule has 21 nitrogen and oxygen atoms in total. The lowest BCUT2D eigenvalue weighted by Crippen LogP contribution is -2.52. The second-order valence-corrected chi connectivity index (χ2v) is 17.1. The number of carbonyl (C=O) groups is 8. The van der Waals surface area contributed by atoms with Crippen LogP contribution in [0.1, 0.15) is 57.9 Å². The van der Waals surface area contributed by atoms with E-state index in [1.54, 1.807) is 0 Å². The van der Waals surface area contributed by atoms with Gasteiger partial charge in [-0.3, -0.25) is 38.4 Å². The zero-order chi connectivity index (χ0) is 51.8. The predicted molar refractivity (Wildman–Crippen MR) is 266 cm³/mol. The zero-order valence-corrected chi connectivity index (χ0v) is 42.3. The zero-order valence-electron chi connectivity index (χ0n) is 42.3. The quantitative estimate of drug-likeness (QED) is 0.0748. The van der Waals surface area contributed by atoms with Crippen LogP contribution in [0.4, 0.5) is 0 Å². The van der Waals surface area contributed by atoms with Gasteiger partial charge in [-0.25, -0.2) is 0 Å². The number of benzene rings is 2. The summed E-state index contributed by atoms with van der Waals surface area (Å²) in [4.78, 5) is 119. The molecule has 2 rings (SSSR count). The van der Waals surface area contributed by atoms with Gasteiger partial charge >= 0.3 is 0 Å². The normalized spacial score (nSPS) is 11.0. The van der Waals surface area contributed by atoms with Crippen molar-refractivity contribution in [1.29, 1.82) is 0 Å². The maximum atomic E-state index is 14.7. The van der Waals surface area contributed by atoms with Gasteiger partial charge in [-0.05, 0) is 81.4 Å². The van der Waals surface area contributed by atoms with Gasteiger partial charge in [0.15, 0.2) is 0 Å². The van der Waals surface area contributed by atoms with E-state index in [4.69, 9.17) is 31.4 Å². The molecule has 0 fully saturated rings. The first kappa shape index (κ1) is 60.5. The molecule has 0 aliphatic heterocycles. The van der Waals surface area contributed by atoms with Crippen molar-refractivity contribution in [3.63, 3.8) is 0 Å². The molecule has 21 heteroatoms. The Hall–Kier alpha value is -5.58. The fourth-order valence-corrected chi connectivity index (χ4v) is 7.47. The van der Waals surface area contributed by atoms with Crippen molar-refractivity contribution in [3.05, 3.63) is 48.0 Å². The highest BCUT2D eigenvalue weighted by Gasteiger charge is 2.30. The molecule has 0 atom stereocenters. The van der Waals surface area contributed by atoms with Crippen molar-refractivity contribution < 1.29 is 52.6 Å². The number of ether oxygens (including phenoxy) is 3. The van der Waals surface area contributed by atoms with E-state index in [1.807, 2.05) is 42.5 Å². The fraction of sp³-hybridized carbons (Fsp3) is 0.633. The number of nitrogens with zero attached hydrogens (tertiary/aromatic N) is 7. The van der Waals surface area contributed by atoms with Crippen molar-refractivity contribution in [2.24, 2.45) is 17.2 Å². The van der Waals surface area contributed by atoms with Crippen molar-refractivity contribution in [2.45, 2.75) is 58.9 Å². The Bertz CT molecular complexity index is 1950. The summed E-state index contributed by atoms with van der Waals surface area (Å²) >= 11 is 0. The largest absolute Gasteiger partial charge is 0.383 e. The van der Waals surface area contributed by atoms with Crippen LogP contribution in [0.3, 0.4) is 0 Å². The first-order valence-electron chi connectivity index (χ1n) is 24.1. The van der Waals surface area contributed by atoms with E-state index >= 15 is 0 Å². The lowest BCUT2D eigenvalue weighted by Gasteiger charge is -2.32. The van der Waals surface area contributed by atoms with Crippen LogP contribution < -0.4 is 17.2 Å². The molecule has 0 bridgehead atoms. The number of hydrogen-bond acceptors (Lipinski definition) is 14. The van der Waals surface area contributed by atoms with Crippen LogP contribution in [0, 0.1) is 0 Å². The highest BCUT2D eigenvalue weighted by molar-refractivity contribution is 5.94. The van der Waals surface area contributed by atoms with E-state index in [9.17, 15) is 38.4 Å². The van der Waals surface area contributed by atoms with Gasteiger partial charge in [0.1, 0.15) is 12.3 Å². The lowest BCUT2D eigenvalue weighted by atomic mass is 10.0. The summed E-state index contributed by atoms with van der Waals surface area (Å²) in [5, 5.41) is 1.76. The van der Waals surface area contributed by atoms with Gasteiger partial charge < -0.3 is 65.7 Å². The number of amides is 7. The van der Waals surface area contributed by atoms with Gasteiger partial charge in [0, 0.05) is 74.1 Å². The highest BCUT2D eigenvalue weighted by Crippen LogP contribution is 2.21. The molecule has 0 aliphatic carbocycles. The molecule has 0 spiro atoms. The Kier molecular flexibility index (Phi) is 30.0. The average Bonchev–Trinajstić information content (AvgIpc) is 3.33. The molecular formula is C49H80N10O11. The first-order valence-corrected chi connectivity index (χ1v) is 24.1. The lowest BCUT2D eigenvalue weighted by molar-refractivity contribution is -0.149. The molecule has 2 aromatic carbocycles. The Morgan fingerprint density at radius 3 is 1.16 bits per heavy atom. The highest BCUT2D eigenvalue weighted by atomic mass is 16.5. The standard InChI is InChI=1S/C49H80N10O11/c1-39(60)31-54(22-11-8-19-50)45(63)35-58(27-30-70-5)48(66)38-59(32-42-17-14-16-41-15-6-7-18-43(41)42)49(67)37-56(24-13-10-21-52)46(64)36-57(26-29-69-4)47(65)34-55(23-12-9-20-51)44(62)33-53(40(2)61)25-28-68-3/h6-7,14-18H,8-13,19-38,50-52H2,1-5H3. The van der Waals surface area contributed by atoms with E-state index < -0.39 is 61.6 Å². The summed E-state index contributed by atoms with van der Waals surface area (Å²) in [6.07, 6.45) is 3.24. The molecule has 7 amide bonds. The number of hydrogen-bond donors (Lipinski definition) is 3. The van der Waals surface area contributed by atoms with Crippen LogP contribution in [0.5, 0.6) is 0 Å². The smallest absolute Gasteiger partial charge is 0.242 e. The molecule has 0 aliphatic rings. The van der Waals surface area contributed by atoms with E-state index in [-0.39, 0.29) is 97.0 Å². The minimum atomic E-state index is -0.574. The maximum absolute atomic E-state index is 14.7. The van der Waals surface area contributed by atoms with Crippen LogP contribution in [-0.2, 0) is 59.1 Å². The number of methoxy groups -OCH3 is 3. The second kappa shape index (κ2) is 34.7. The third-order valence-corrected chi connectivity index (χ3v) is 11.5. The molecule has 70 heavy (non-hydrogen) atoms. The van der Waals surface area contributed by atoms with Gasteiger partial charge in [0.2, 0.25) is 41.4 Å². The fourth-order valence-electron chi connectivity index (χ4n) is 7.47. The van der Waals surface area contributed by atoms with Crippen molar-refractivity contribution in [3.8, 4) is 0 Å². The van der Waals surface area contributed by atoms with E-state index in [1.165, 1.54) is 69.5 Å². The molecule has 0 unspecified atom stereocenters. The summed E-state index contributed by atoms with van der Waals surface area (Å²) in [5.74, 6) is -3.73. The Morgan fingerprint density at radius 2 is 0.757 bits per heavy atom. The molecule has 0 aromatic heterocycles. The number of unbranched alkanes of at least 4 members (excludes halogenated alkanes) is 3. The van der Waals surface area contributed by atoms with Crippen LogP contribution in [0.2, 0.25) is 0 Å². The summed E-state index contributed by atoms with van der Waals surface area (Å²) in [6.45, 7) is 2.29. The summed E-state index contributed by atoms with van der Waals surface area (Å²) in [7, 11) is 4.40. The number of Topliss-reactive ketones (excluding diaryl/α,β-unsaturated/α-hetero) is 1. The molecule has 0 saturated carbocycles. The number of rotatable bonds is 37. The van der Waals surface area contributed by atoms with Crippen LogP contribution in [0.15, 0.2) is 42.5 Å². The average molecular weight is 985 g/mol. The Balaban J connectivity index is 2.53. The van der Waals surface area contributed by atoms with Crippen molar-refractivity contribution >= 4 is 57.9 Å². The molecule has 0 heterocycles. The van der Waals surface area contributed by atoms with Crippen LogP contribution in [-0.4, -0.2) is 227 Å². The van der Waals surface area contributed by atoms with Gasteiger partial charge in [-0.2, -0.15) is 0 Å². The number of nitrogens with two attached hydrogens (primary N) is 3. The SMILES string of the molecule is COCCN(CC(=O)N(CCCCN)CC(=O)N(CCOC)CC(=O)N(CCCCN)CC(=O)N(CC(=O)N(CCOC)CC(=O)N(CCCCN)CC(C)=O)Cc1cccc2ccccc12)C(C)=O. The number of carbonyl (C=O) groups excluding carboxylic acids is 8. The second-order valence-electron chi connectivity index (χ2n) is 17.1. The third-order valence-electron chi connectivity index (χ3n) is 11.5. The number of ketones is 1. The minimum absolute atomic E-state index is 0.0154. The monoisotopic (exact) mass is 985 g/mol. The van der Waals surface area contributed by atoms with Crippen molar-refractivity contribution in [2.75, 3.05) is 146 Å². The first-order chi connectivity index (χ1) is 33.6. The Morgan fingerprint density at radius 1 is 0.414 bits per heavy atom. The third kappa shape index (κ3) is 22.4.